The van der Waals surface area contributed by atoms with Gasteiger partial charge in [0.05, 0.1) is 0 Å². The lowest BCUT2D eigenvalue weighted by Gasteiger charge is -2.12. The van der Waals surface area contributed by atoms with Gasteiger partial charge in [-0.25, -0.2) is 0 Å². The minimum Gasteiger partial charge on any atom is -0.463 e. The van der Waals surface area contributed by atoms with Crippen LogP contribution >= 0.6 is 0 Å². The van der Waals surface area contributed by atoms with Crippen molar-refractivity contribution in [1.82, 2.24) is 0 Å². The number of unbranched alkanes of at least 4 members (excludes halogenated alkanes) is 23. The first-order valence-corrected chi connectivity index (χ1v) is 18.2. The number of ether oxygens (including phenoxy) is 2. The minimum absolute atomic E-state index is 0.112. The Morgan fingerprint density at radius 3 is 1.10 bits per heavy atom. The Balaban J connectivity index is 3.41. The maximum Gasteiger partial charge on any atom is 0.305 e. The van der Waals surface area contributed by atoms with E-state index in [4.69, 9.17) is 9.47 Å². The van der Waals surface area contributed by atoms with Gasteiger partial charge in [-0.2, -0.15) is 0 Å². The molecule has 0 radical (unpaired) electrons. The first-order chi connectivity index (χ1) is 20.6. The molecule has 0 saturated carbocycles. The lowest BCUT2D eigenvalue weighted by molar-refractivity contribution is -0.152. The predicted molar refractivity (Wildman–Crippen MR) is 178 cm³/mol. The number of rotatable bonds is 33. The fourth-order valence-electron chi connectivity index (χ4n) is 5.20. The van der Waals surface area contributed by atoms with E-state index in [0.29, 0.717) is 12.8 Å². The van der Waals surface area contributed by atoms with Crippen LogP contribution in [0.5, 0.6) is 0 Å². The summed E-state index contributed by atoms with van der Waals surface area (Å²) in [5.41, 5.74) is 0. The van der Waals surface area contributed by atoms with Crippen LogP contribution in [0.15, 0.2) is 12.2 Å². The van der Waals surface area contributed by atoms with Crippen molar-refractivity contribution >= 4 is 11.9 Å². The lowest BCUT2D eigenvalue weighted by Crippen LogP contribution is -2.25. The highest BCUT2D eigenvalue weighted by atomic mass is 16.6. The van der Waals surface area contributed by atoms with Crippen LogP contribution in [0.3, 0.4) is 0 Å². The van der Waals surface area contributed by atoms with Crippen molar-refractivity contribution in [3.63, 3.8) is 0 Å². The molecule has 0 aliphatic heterocycles. The van der Waals surface area contributed by atoms with Gasteiger partial charge in [-0.05, 0) is 38.5 Å². The van der Waals surface area contributed by atoms with Crippen molar-refractivity contribution in [3.8, 4) is 0 Å². The van der Waals surface area contributed by atoms with Gasteiger partial charge in [0.25, 0.3) is 0 Å². The van der Waals surface area contributed by atoms with E-state index in [1.54, 1.807) is 0 Å². The maximum absolute atomic E-state index is 11.9. The van der Waals surface area contributed by atoms with Crippen LogP contribution in [-0.2, 0) is 19.1 Å². The van der Waals surface area contributed by atoms with Crippen molar-refractivity contribution in [1.29, 1.82) is 0 Å². The molecule has 42 heavy (non-hydrogen) atoms. The van der Waals surface area contributed by atoms with E-state index in [9.17, 15) is 14.7 Å². The molecule has 0 heterocycles. The molecule has 5 nitrogen and oxygen atoms in total. The van der Waals surface area contributed by atoms with E-state index in [1.807, 2.05) is 0 Å². The van der Waals surface area contributed by atoms with Gasteiger partial charge >= 0.3 is 11.9 Å². The Bertz CT molecular complexity index is 603. The summed E-state index contributed by atoms with van der Waals surface area (Å²) in [6, 6.07) is 0. The smallest absolute Gasteiger partial charge is 0.305 e. The molecule has 0 aliphatic rings. The summed E-state index contributed by atoms with van der Waals surface area (Å²) in [7, 11) is 0. The van der Waals surface area contributed by atoms with E-state index in [2.05, 4.69) is 26.0 Å². The second-order valence-corrected chi connectivity index (χ2v) is 12.3. The van der Waals surface area contributed by atoms with Gasteiger partial charge in [0, 0.05) is 12.8 Å². The lowest BCUT2D eigenvalue weighted by atomic mass is 10.1. The van der Waals surface area contributed by atoms with Gasteiger partial charge in [0.2, 0.25) is 0 Å². The second-order valence-electron chi connectivity index (χ2n) is 12.3. The molecule has 0 fully saturated rings. The predicted octanol–water partition coefficient (Wildman–Crippen LogP) is 11.0. The van der Waals surface area contributed by atoms with E-state index in [1.165, 1.54) is 128 Å². The number of aliphatic hydroxyl groups is 1. The molecule has 0 aromatic carbocycles. The Morgan fingerprint density at radius 1 is 0.476 bits per heavy atom. The highest BCUT2D eigenvalue weighted by Crippen LogP contribution is 2.13. The van der Waals surface area contributed by atoms with Crippen molar-refractivity contribution in [2.24, 2.45) is 0 Å². The van der Waals surface area contributed by atoms with E-state index >= 15 is 0 Å². The first-order valence-electron chi connectivity index (χ1n) is 18.2. The highest BCUT2D eigenvalue weighted by Gasteiger charge is 2.12. The molecule has 0 spiro atoms. The van der Waals surface area contributed by atoms with Gasteiger partial charge in [-0.3, -0.25) is 9.59 Å². The summed E-state index contributed by atoms with van der Waals surface area (Å²) in [6.07, 6.45) is 36.9. The number of allylic oxidation sites excluding steroid dienone is 2. The Morgan fingerprint density at radius 2 is 0.762 bits per heavy atom. The van der Waals surface area contributed by atoms with E-state index < -0.39 is 6.10 Å². The average Bonchev–Trinajstić information content (AvgIpc) is 2.99. The zero-order valence-electron chi connectivity index (χ0n) is 28.0. The summed E-state index contributed by atoms with van der Waals surface area (Å²) < 4.78 is 10.3. The van der Waals surface area contributed by atoms with Crippen LogP contribution in [0.2, 0.25) is 0 Å². The SMILES string of the molecule is CCCCCCCC/C=C\CCCCCCCCCC(=O)OC[C@H](O)COC(=O)CCCCCCCCCCCCC. The van der Waals surface area contributed by atoms with Gasteiger partial charge in [0.15, 0.2) is 0 Å². The molecule has 0 aliphatic carbocycles. The molecule has 1 atom stereocenters. The zero-order chi connectivity index (χ0) is 30.8. The summed E-state index contributed by atoms with van der Waals surface area (Å²) in [4.78, 5) is 23.8. The molecular weight excluding hydrogens is 524 g/mol. The number of aliphatic hydroxyl groups excluding tert-OH is 1. The number of hydrogen-bond acceptors (Lipinski definition) is 5. The van der Waals surface area contributed by atoms with Crippen molar-refractivity contribution in [2.75, 3.05) is 13.2 Å². The fraction of sp³-hybridized carbons (Fsp3) is 0.892. The quantitative estimate of drug-likeness (QED) is 0.0465. The Labute approximate surface area is 261 Å². The molecule has 0 rings (SSSR count). The molecule has 0 bridgehead atoms. The summed E-state index contributed by atoms with van der Waals surface area (Å²) >= 11 is 0. The maximum atomic E-state index is 11.9. The monoisotopic (exact) mass is 595 g/mol. The van der Waals surface area contributed by atoms with Crippen LogP contribution in [0.25, 0.3) is 0 Å². The van der Waals surface area contributed by atoms with Crippen LogP contribution < -0.4 is 0 Å². The molecule has 0 amide bonds. The van der Waals surface area contributed by atoms with Gasteiger partial charge in [0.1, 0.15) is 19.3 Å². The molecule has 0 aromatic rings. The van der Waals surface area contributed by atoms with Crippen molar-refractivity contribution in [3.05, 3.63) is 12.2 Å². The molecule has 0 unspecified atom stereocenters. The first kappa shape index (κ1) is 40.6. The third-order valence-corrected chi connectivity index (χ3v) is 8.00. The summed E-state index contributed by atoms with van der Waals surface area (Å²) in [6.45, 7) is 4.29. The van der Waals surface area contributed by atoms with Crippen molar-refractivity contribution < 1.29 is 24.2 Å². The summed E-state index contributed by atoms with van der Waals surface area (Å²) in [5, 5.41) is 9.97. The van der Waals surface area contributed by atoms with Crippen molar-refractivity contribution in [2.45, 2.75) is 200 Å². The van der Waals surface area contributed by atoms with Crippen LogP contribution in [0, 0.1) is 0 Å². The fourth-order valence-corrected chi connectivity index (χ4v) is 5.20. The van der Waals surface area contributed by atoms with E-state index in [0.717, 1.165) is 38.5 Å². The highest BCUT2D eigenvalue weighted by molar-refractivity contribution is 5.69. The average molecular weight is 595 g/mol. The van der Waals surface area contributed by atoms with Crippen LogP contribution in [0.4, 0.5) is 0 Å². The molecule has 0 aromatic heterocycles. The topological polar surface area (TPSA) is 72.8 Å². The third-order valence-electron chi connectivity index (χ3n) is 8.00. The Hall–Kier alpha value is -1.36. The van der Waals surface area contributed by atoms with Crippen LogP contribution in [-0.4, -0.2) is 36.4 Å². The molecular formula is C37H70O5. The minimum atomic E-state index is -0.958. The molecule has 0 saturated heterocycles. The Kier molecular flexibility index (Phi) is 33.0. The third kappa shape index (κ3) is 33.1. The van der Waals surface area contributed by atoms with Gasteiger partial charge < -0.3 is 14.6 Å². The van der Waals surface area contributed by atoms with Gasteiger partial charge in [-0.15, -0.1) is 0 Å². The zero-order valence-corrected chi connectivity index (χ0v) is 28.0. The summed E-state index contributed by atoms with van der Waals surface area (Å²) in [5.74, 6) is -0.564. The molecule has 248 valence electrons. The van der Waals surface area contributed by atoms with E-state index in [-0.39, 0.29) is 25.2 Å². The standard InChI is InChI=1S/C37H70O5/c1-3-5-7-9-11-13-15-16-17-18-19-20-22-24-26-28-30-32-37(40)42-34-35(38)33-41-36(39)31-29-27-25-23-21-14-12-10-8-6-4-2/h16-17,35,38H,3-15,18-34H2,1-2H3/b17-16-/t35-/m1/s1. The largest absolute Gasteiger partial charge is 0.463 e. The van der Waals surface area contributed by atoms with Crippen LogP contribution in [0.1, 0.15) is 194 Å². The number of carbonyl (C=O) groups is 2. The number of carbonyl (C=O) groups excluding carboxylic acids is 2. The molecule has 5 heteroatoms. The van der Waals surface area contributed by atoms with Gasteiger partial charge in [-0.1, -0.05) is 154 Å². The molecule has 1 N–H and O–H groups in total. The number of hydrogen-bond donors (Lipinski definition) is 1. The number of esters is 2. The normalized spacial score (nSPS) is 12.2. The second kappa shape index (κ2) is 34.1.